The van der Waals surface area contributed by atoms with Gasteiger partial charge in [-0.2, -0.15) is 0 Å². The number of thiol groups is 1. The van der Waals surface area contributed by atoms with E-state index in [1.165, 1.54) is 0 Å². The molecule has 1 aliphatic carbocycles. The Kier molecular flexibility index (Phi) is 4.35. The second-order valence-electron chi connectivity index (χ2n) is 4.82. The predicted molar refractivity (Wildman–Crippen MR) is 77.1 cm³/mol. The Balaban J connectivity index is 1.98. The highest BCUT2D eigenvalue weighted by molar-refractivity contribution is 9.10. The van der Waals surface area contributed by atoms with E-state index < -0.39 is 0 Å². The average Bonchev–Trinajstić information content (AvgIpc) is 3.10. The maximum absolute atomic E-state index is 12.1. The van der Waals surface area contributed by atoms with Crippen LogP contribution < -0.4 is 5.32 Å². The van der Waals surface area contributed by atoms with Gasteiger partial charge in [0, 0.05) is 22.5 Å². The van der Waals surface area contributed by atoms with Crippen molar-refractivity contribution in [3.63, 3.8) is 0 Å². The predicted octanol–water partition coefficient (Wildman–Crippen LogP) is 2.63. The molecule has 0 atom stereocenters. The summed E-state index contributed by atoms with van der Waals surface area (Å²) in [5, 5.41) is 11.9. The van der Waals surface area contributed by atoms with Crippen LogP contribution in [0.25, 0.3) is 0 Å². The number of hydrogen-bond acceptors (Lipinski definition) is 3. The molecule has 1 aromatic carbocycles. The first-order chi connectivity index (χ1) is 8.56. The first-order valence-electron chi connectivity index (χ1n) is 5.94. The van der Waals surface area contributed by atoms with Gasteiger partial charge in [0.2, 0.25) is 0 Å². The number of amides is 1. The zero-order valence-corrected chi connectivity index (χ0v) is 12.4. The molecule has 18 heavy (non-hydrogen) atoms. The lowest BCUT2D eigenvalue weighted by molar-refractivity contribution is 0.0940. The van der Waals surface area contributed by atoms with Gasteiger partial charge < -0.3 is 10.4 Å². The van der Waals surface area contributed by atoms with Crippen molar-refractivity contribution >= 4 is 34.5 Å². The third-order valence-electron chi connectivity index (χ3n) is 3.42. The minimum Gasteiger partial charge on any atom is -0.396 e. The number of carbonyl (C=O) groups excluding carboxylic acids is 1. The van der Waals surface area contributed by atoms with E-state index in [0.29, 0.717) is 12.1 Å². The monoisotopic (exact) mass is 329 g/mol. The van der Waals surface area contributed by atoms with Gasteiger partial charge in [-0.05, 0) is 58.8 Å². The molecule has 0 radical (unpaired) electrons. The molecule has 0 aromatic heterocycles. The summed E-state index contributed by atoms with van der Waals surface area (Å²) in [5.41, 5.74) is 0.734. The third-order valence-corrected chi connectivity index (χ3v) is 4.39. The molecule has 1 saturated carbocycles. The molecule has 0 unspecified atom stereocenters. The summed E-state index contributed by atoms with van der Waals surface area (Å²) in [6.07, 6.45) is 2.93. The van der Waals surface area contributed by atoms with Gasteiger partial charge in [-0.25, -0.2) is 0 Å². The van der Waals surface area contributed by atoms with Gasteiger partial charge in [0.15, 0.2) is 0 Å². The fourth-order valence-electron chi connectivity index (χ4n) is 1.98. The molecular formula is C13H16BrNO2S. The molecule has 0 spiro atoms. The first kappa shape index (κ1) is 13.9. The minimum atomic E-state index is -0.0954. The molecule has 1 aliphatic rings. The molecule has 2 rings (SSSR count). The Morgan fingerprint density at radius 1 is 1.50 bits per heavy atom. The molecule has 1 amide bonds. The van der Waals surface area contributed by atoms with Crippen LogP contribution in [0.1, 0.15) is 29.6 Å². The van der Waals surface area contributed by atoms with Crippen LogP contribution in [0.3, 0.4) is 0 Å². The molecule has 1 fully saturated rings. The van der Waals surface area contributed by atoms with Crippen molar-refractivity contribution in [2.45, 2.75) is 24.2 Å². The molecule has 2 N–H and O–H groups in total. The van der Waals surface area contributed by atoms with Gasteiger partial charge in [-0.1, -0.05) is 0 Å². The number of benzene rings is 1. The third kappa shape index (κ3) is 3.28. The Bertz CT molecular complexity index is 460. The average molecular weight is 330 g/mol. The van der Waals surface area contributed by atoms with Crippen LogP contribution in [-0.2, 0) is 0 Å². The second kappa shape index (κ2) is 5.63. The summed E-state index contributed by atoms with van der Waals surface area (Å²) in [7, 11) is 0. The standard InChI is InChI=1S/C13H16BrNO2S/c14-11-2-1-9(18)7-10(11)12(17)15-8-13(3-4-13)5-6-16/h1-2,7,16,18H,3-6,8H2,(H,15,17). The van der Waals surface area contributed by atoms with Gasteiger partial charge in [-0.15, -0.1) is 12.6 Å². The highest BCUT2D eigenvalue weighted by atomic mass is 79.9. The van der Waals surface area contributed by atoms with Crippen LogP contribution in [0.15, 0.2) is 27.6 Å². The number of aliphatic hydroxyl groups excluding tert-OH is 1. The summed E-state index contributed by atoms with van der Waals surface area (Å²) < 4.78 is 0.768. The van der Waals surface area contributed by atoms with E-state index in [4.69, 9.17) is 5.11 Å². The molecular weight excluding hydrogens is 314 g/mol. The largest absolute Gasteiger partial charge is 0.396 e. The molecule has 0 bridgehead atoms. The van der Waals surface area contributed by atoms with Crippen LogP contribution in [0.5, 0.6) is 0 Å². The number of hydrogen-bond donors (Lipinski definition) is 3. The van der Waals surface area contributed by atoms with Gasteiger partial charge in [0.1, 0.15) is 0 Å². The molecule has 0 heterocycles. The van der Waals surface area contributed by atoms with Gasteiger partial charge in [0.05, 0.1) is 5.56 Å². The fourth-order valence-corrected chi connectivity index (χ4v) is 2.61. The summed E-state index contributed by atoms with van der Waals surface area (Å²) >= 11 is 7.60. The second-order valence-corrected chi connectivity index (χ2v) is 6.19. The lowest BCUT2D eigenvalue weighted by Gasteiger charge is -2.15. The normalized spacial score (nSPS) is 16.4. The van der Waals surface area contributed by atoms with Crippen LogP contribution >= 0.6 is 28.6 Å². The van der Waals surface area contributed by atoms with E-state index in [9.17, 15) is 4.79 Å². The maximum atomic E-state index is 12.1. The van der Waals surface area contributed by atoms with E-state index >= 15 is 0 Å². The highest BCUT2D eigenvalue weighted by Gasteiger charge is 2.41. The van der Waals surface area contributed by atoms with Crippen molar-refractivity contribution in [2.24, 2.45) is 5.41 Å². The lowest BCUT2D eigenvalue weighted by Crippen LogP contribution is -2.30. The smallest absolute Gasteiger partial charge is 0.252 e. The molecule has 0 aliphatic heterocycles. The Labute approximate surface area is 121 Å². The van der Waals surface area contributed by atoms with Crippen molar-refractivity contribution in [1.29, 1.82) is 0 Å². The lowest BCUT2D eigenvalue weighted by atomic mass is 10.0. The zero-order chi connectivity index (χ0) is 13.2. The van der Waals surface area contributed by atoms with Gasteiger partial charge in [0.25, 0.3) is 5.91 Å². The van der Waals surface area contributed by atoms with E-state index in [-0.39, 0.29) is 17.9 Å². The molecule has 3 nitrogen and oxygen atoms in total. The maximum Gasteiger partial charge on any atom is 0.252 e. The minimum absolute atomic E-state index is 0.0954. The number of halogens is 1. The topological polar surface area (TPSA) is 49.3 Å². The Morgan fingerprint density at radius 3 is 2.83 bits per heavy atom. The molecule has 98 valence electrons. The zero-order valence-electron chi connectivity index (χ0n) is 9.95. The highest BCUT2D eigenvalue weighted by Crippen LogP contribution is 2.47. The Morgan fingerprint density at radius 2 is 2.22 bits per heavy atom. The van der Waals surface area contributed by atoms with E-state index in [2.05, 4.69) is 33.9 Å². The fraction of sp³-hybridized carbons (Fsp3) is 0.462. The van der Waals surface area contributed by atoms with Gasteiger partial charge in [-0.3, -0.25) is 4.79 Å². The quantitative estimate of drug-likeness (QED) is 0.727. The van der Waals surface area contributed by atoms with Gasteiger partial charge >= 0.3 is 0 Å². The summed E-state index contributed by atoms with van der Waals surface area (Å²) in [6.45, 7) is 0.821. The van der Waals surface area contributed by atoms with Crippen LogP contribution in [0.4, 0.5) is 0 Å². The molecule has 0 saturated heterocycles. The number of rotatable bonds is 5. The summed E-state index contributed by atoms with van der Waals surface area (Å²) in [6, 6.07) is 5.39. The number of carbonyl (C=O) groups is 1. The van der Waals surface area contributed by atoms with E-state index in [1.807, 2.05) is 12.1 Å². The van der Waals surface area contributed by atoms with Crippen LogP contribution in [-0.4, -0.2) is 24.2 Å². The number of nitrogens with one attached hydrogen (secondary N) is 1. The number of aliphatic hydroxyl groups is 1. The van der Waals surface area contributed by atoms with Crippen LogP contribution in [0, 0.1) is 5.41 Å². The SMILES string of the molecule is O=C(NCC1(CCO)CC1)c1cc(S)ccc1Br. The van der Waals surface area contributed by atoms with E-state index in [1.54, 1.807) is 6.07 Å². The van der Waals surface area contributed by atoms with Crippen molar-refractivity contribution in [3.05, 3.63) is 28.2 Å². The molecule has 5 heteroatoms. The summed E-state index contributed by atoms with van der Waals surface area (Å²) in [5.74, 6) is -0.0954. The van der Waals surface area contributed by atoms with Crippen molar-refractivity contribution in [2.75, 3.05) is 13.2 Å². The first-order valence-corrected chi connectivity index (χ1v) is 7.18. The van der Waals surface area contributed by atoms with Crippen molar-refractivity contribution in [3.8, 4) is 0 Å². The Hall–Kier alpha value is -0.520. The van der Waals surface area contributed by atoms with E-state index in [0.717, 1.165) is 28.6 Å². The summed E-state index contributed by atoms with van der Waals surface area (Å²) in [4.78, 5) is 12.8. The van der Waals surface area contributed by atoms with Crippen LogP contribution in [0.2, 0.25) is 0 Å². The van der Waals surface area contributed by atoms with Crippen molar-refractivity contribution < 1.29 is 9.90 Å². The molecule has 1 aromatic rings. The van der Waals surface area contributed by atoms with Crippen molar-refractivity contribution in [1.82, 2.24) is 5.32 Å².